The van der Waals surface area contributed by atoms with Gasteiger partial charge in [0.05, 0.1) is 0 Å². The van der Waals surface area contributed by atoms with Gasteiger partial charge in [0.1, 0.15) is 11.2 Å². The third-order valence-electron chi connectivity index (χ3n) is 2.98. The lowest BCUT2D eigenvalue weighted by Gasteiger charge is -2.06. The number of aryl methyl sites for hydroxylation is 1. The molecule has 21 heavy (non-hydrogen) atoms. The topological polar surface area (TPSA) is 75.5 Å². The molecule has 2 aromatic heterocycles. The molecule has 1 amide bonds. The van der Waals surface area contributed by atoms with Gasteiger partial charge in [0.2, 0.25) is 0 Å². The van der Waals surface area contributed by atoms with Crippen molar-refractivity contribution in [2.45, 2.75) is 13.3 Å². The number of aromatic nitrogens is 2. The monoisotopic (exact) mass is 310 g/mol. The van der Waals surface area contributed by atoms with Crippen LogP contribution in [0.5, 0.6) is 0 Å². The highest BCUT2D eigenvalue weighted by atomic mass is 35.5. The molecule has 2 rings (SSSR count). The lowest BCUT2D eigenvalue weighted by atomic mass is 10.2. The van der Waals surface area contributed by atoms with Gasteiger partial charge in [-0.2, -0.15) is 0 Å². The average Bonchev–Trinajstić information content (AvgIpc) is 2.44. The van der Waals surface area contributed by atoms with Crippen LogP contribution < -0.4 is 16.2 Å². The van der Waals surface area contributed by atoms with Gasteiger partial charge in [0, 0.05) is 18.9 Å². The van der Waals surface area contributed by atoms with E-state index in [1.54, 1.807) is 12.3 Å². The van der Waals surface area contributed by atoms with E-state index in [9.17, 15) is 9.59 Å². The summed E-state index contributed by atoms with van der Waals surface area (Å²) in [6.45, 7) is 3.22. The Balaban J connectivity index is 0.00000220. The van der Waals surface area contributed by atoms with Gasteiger partial charge in [-0.25, -0.2) is 4.98 Å². The number of fused-ring (bicyclic) bond motifs is 1. The van der Waals surface area contributed by atoms with Gasteiger partial charge in [-0.1, -0.05) is 6.07 Å². The maximum absolute atomic E-state index is 12.3. The molecule has 0 saturated heterocycles. The van der Waals surface area contributed by atoms with Gasteiger partial charge in [0.25, 0.3) is 11.5 Å². The summed E-state index contributed by atoms with van der Waals surface area (Å²) in [5.41, 5.74) is 1.20. The molecule has 114 valence electrons. The fourth-order valence-electron chi connectivity index (χ4n) is 1.90. The Hall–Kier alpha value is -1.92. The molecule has 0 atom stereocenters. The van der Waals surface area contributed by atoms with Crippen LogP contribution in [-0.4, -0.2) is 35.4 Å². The number of hydrogen-bond acceptors (Lipinski definition) is 4. The van der Waals surface area contributed by atoms with Crippen LogP contribution in [0, 0.1) is 6.92 Å². The third kappa shape index (κ3) is 4.03. The Kier molecular flexibility index (Phi) is 6.33. The molecule has 2 heterocycles. The minimum atomic E-state index is -0.380. The predicted molar refractivity (Wildman–Crippen MR) is 84.3 cm³/mol. The summed E-state index contributed by atoms with van der Waals surface area (Å²) in [5.74, 6) is -0.380. The molecular weight excluding hydrogens is 292 g/mol. The Labute approximate surface area is 129 Å². The van der Waals surface area contributed by atoms with Gasteiger partial charge < -0.3 is 10.6 Å². The molecule has 0 aliphatic rings. The normalized spacial score (nSPS) is 10.2. The van der Waals surface area contributed by atoms with E-state index < -0.39 is 0 Å². The first-order valence-electron chi connectivity index (χ1n) is 6.54. The molecule has 2 aromatic rings. The van der Waals surface area contributed by atoms with E-state index in [1.165, 1.54) is 10.6 Å². The minimum Gasteiger partial charge on any atom is -0.352 e. The van der Waals surface area contributed by atoms with Crippen molar-refractivity contribution < 1.29 is 4.79 Å². The van der Waals surface area contributed by atoms with Gasteiger partial charge in [-0.3, -0.25) is 14.0 Å². The highest BCUT2D eigenvalue weighted by molar-refractivity contribution is 5.93. The number of nitrogens with zero attached hydrogens (tertiary/aromatic N) is 2. The summed E-state index contributed by atoms with van der Waals surface area (Å²) in [5, 5.41) is 5.72. The van der Waals surface area contributed by atoms with E-state index in [1.807, 2.05) is 20.0 Å². The molecule has 6 nitrogen and oxygen atoms in total. The summed E-state index contributed by atoms with van der Waals surface area (Å²) in [4.78, 5) is 28.4. The van der Waals surface area contributed by atoms with Crippen LogP contribution in [0.2, 0.25) is 0 Å². The van der Waals surface area contributed by atoms with Crippen molar-refractivity contribution in [3.63, 3.8) is 0 Å². The van der Waals surface area contributed by atoms with Crippen LogP contribution >= 0.6 is 12.4 Å². The summed E-state index contributed by atoms with van der Waals surface area (Å²) in [7, 11) is 1.85. The van der Waals surface area contributed by atoms with E-state index in [2.05, 4.69) is 15.6 Å². The fraction of sp³-hybridized carbons (Fsp3) is 0.357. The van der Waals surface area contributed by atoms with Crippen LogP contribution in [0.3, 0.4) is 0 Å². The Morgan fingerprint density at radius 1 is 1.33 bits per heavy atom. The van der Waals surface area contributed by atoms with E-state index in [0.717, 1.165) is 18.5 Å². The van der Waals surface area contributed by atoms with E-state index in [0.29, 0.717) is 12.2 Å². The van der Waals surface area contributed by atoms with Crippen molar-refractivity contribution >= 4 is 24.0 Å². The largest absolute Gasteiger partial charge is 0.352 e. The quantitative estimate of drug-likeness (QED) is 0.800. The summed E-state index contributed by atoms with van der Waals surface area (Å²) in [6, 6.07) is 3.63. The zero-order chi connectivity index (χ0) is 14.5. The molecule has 0 spiro atoms. The van der Waals surface area contributed by atoms with Crippen molar-refractivity contribution in [1.29, 1.82) is 0 Å². The van der Waals surface area contributed by atoms with Crippen molar-refractivity contribution in [2.75, 3.05) is 20.1 Å². The SMILES string of the molecule is CNCCCNC(=O)c1cnc2ccc(C)cn2c1=O.Cl. The molecule has 0 radical (unpaired) electrons. The van der Waals surface area contributed by atoms with Gasteiger partial charge in [-0.15, -0.1) is 12.4 Å². The van der Waals surface area contributed by atoms with Gasteiger partial charge in [0.15, 0.2) is 0 Å². The van der Waals surface area contributed by atoms with Crippen LogP contribution in [0.15, 0.2) is 29.3 Å². The number of hydrogen-bond donors (Lipinski definition) is 2. The smallest absolute Gasteiger partial charge is 0.270 e. The second-order valence-electron chi connectivity index (χ2n) is 4.62. The zero-order valence-corrected chi connectivity index (χ0v) is 12.9. The Morgan fingerprint density at radius 3 is 2.81 bits per heavy atom. The maximum Gasteiger partial charge on any atom is 0.270 e. The average molecular weight is 311 g/mol. The molecule has 2 N–H and O–H groups in total. The Bertz CT molecular complexity index is 684. The number of carbonyl (C=O) groups excluding carboxylic acids is 1. The van der Waals surface area contributed by atoms with Crippen LogP contribution in [0.25, 0.3) is 5.65 Å². The van der Waals surface area contributed by atoms with E-state index >= 15 is 0 Å². The number of rotatable bonds is 5. The fourth-order valence-corrected chi connectivity index (χ4v) is 1.90. The van der Waals surface area contributed by atoms with Gasteiger partial charge in [-0.05, 0) is 38.6 Å². The van der Waals surface area contributed by atoms with Gasteiger partial charge >= 0.3 is 0 Å². The zero-order valence-electron chi connectivity index (χ0n) is 12.0. The third-order valence-corrected chi connectivity index (χ3v) is 2.98. The molecule has 0 aromatic carbocycles. The number of amides is 1. The summed E-state index contributed by atoms with van der Waals surface area (Å²) >= 11 is 0. The van der Waals surface area contributed by atoms with E-state index in [4.69, 9.17) is 0 Å². The first-order valence-corrected chi connectivity index (χ1v) is 6.54. The maximum atomic E-state index is 12.3. The van der Waals surface area contributed by atoms with E-state index in [-0.39, 0.29) is 29.4 Å². The number of pyridine rings is 1. The number of halogens is 1. The molecular formula is C14H19ClN4O2. The van der Waals surface area contributed by atoms with Crippen LogP contribution in [-0.2, 0) is 0 Å². The van der Waals surface area contributed by atoms with Crippen molar-refractivity contribution in [2.24, 2.45) is 0 Å². The molecule has 0 saturated carbocycles. The molecule has 0 aliphatic heterocycles. The van der Waals surface area contributed by atoms with Crippen molar-refractivity contribution in [3.05, 3.63) is 46.0 Å². The van der Waals surface area contributed by atoms with Crippen LogP contribution in [0.4, 0.5) is 0 Å². The van der Waals surface area contributed by atoms with Crippen LogP contribution in [0.1, 0.15) is 22.3 Å². The molecule has 0 bridgehead atoms. The second kappa shape index (κ2) is 7.75. The highest BCUT2D eigenvalue weighted by Crippen LogP contribution is 2.01. The lowest BCUT2D eigenvalue weighted by Crippen LogP contribution is -2.33. The Morgan fingerprint density at radius 2 is 2.10 bits per heavy atom. The first kappa shape index (κ1) is 17.1. The molecule has 0 fully saturated rings. The lowest BCUT2D eigenvalue weighted by molar-refractivity contribution is 0.0951. The first-order chi connectivity index (χ1) is 9.63. The molecule has 0 unspecified atom stereocenters. The number of nitrogens with one attached hydrogen (secondary N) is 2. The minimum absolute atomic E-state index is 0. The number of carbonyl (C=O) groups is 1. The molecule has 7 heteroatoms. The summed E-state index contributed by atoms with van der Waals surface area (Å²) in [6.07, 6.45) is 3.83. The van der Waals surface area contributed by atoms with Crippen molar-refractivity contribution in [1.82, 2.24) is 20.0 Å². The van der Waals surface area contributed by atoms with Crippen molar-refractivity contribution in [3.8, 4) is 0 Å². The standard InChI is InChI=1S/C14H18N4O2.ClH/c1-10-4-5-12-17-8-11(14(20)18(12)9-10)13(19)16-7-3-6-15-2;/h4-5,8-9,15H,3,6-7H2,1-2H3,(H,16,19);1H. The summed E-state index contributed by atoms with van der Waals surface area (Å²) < 4.78 is 1.40. The molecule has 0 aliphatic carbocycles. The second-order valence-corrected chi connectivity index (χ2v) is 4.62. The predicted octanol–water partition coefficient (Wildman–Crippen LogP) is 0.764. The highest BCUT2D eigenvalue weighted by Gasteiger charge is 2.12.